The first kappa shape index (κ1) is 7.56. The molecule has 0 radical (unpaired) electrons. The standard InChI is InChI=1S/C9H17NO/c1-7(2)10-4-3-9(11)5-8(9)6-10/h7-8,11H,3-6H2,1-2H3/t8-,9+/m0/s1. The van der Waals surface area contributed by atoms with Crippen molar-refractivity contribution in [2.24, 2.45) is 5.92 Å². The molecular weight excluding hydrogens is 138 g/mol. The molecule has 1 N–H and O–H groups in total. The minimum Gasteiger partial charge on any atom is -0.389 e. The molecule has 0 bridgehead atoms. The zero-order valence-electron chi connectivity index (χ0n) is 7.38. The molecule has 0 unspecified atom stereocenters. The summed E-state index contributed by atoms with van der Waals surface area (Å²) in [5, 5.41) is 9.72. The SMILES string of the molecule is CC(C)N1CC[C@@]2(O)C[C@H]2C1. The van der Waals surface area contributed by atoms with E-state index in [0.717, 1.165) is 25.9 Å². The number of nitrogens with zero attached hydrogens (tertiary/aromatic N) is 1. The summed E-state index contributed by atoms with van der Waals surface area (Å²) in [4.78, 5) is 2.46. The number of likely N-dealkylation sites (tertiary alicyclic amines) is 1. The first-order chi connectivity index (χ1) is 5.12. The molecule has 1 aliphatic heterocycles. The van der Waals surface area contributed by atoms with Gasteiger partial charge in [0.25, 0.3) is 0 Å². The summed E-state index contributed by atoms with van der Waals surface area (Å²) in [5.74, 6) is 0.596. The van der Waals surface area contributed by atoms with Crippen LogP contribution in [0.3, 0.4) is 0 Å². The highest BCUT2D eigenvalue weighted by Crippen LogP contribution is 2.49. The van der Waals surface area contributed by atoms with Gasteiger partial charge in [-0.15, -0.1) is 0 Å². The van der Waals surface area contributed by atoms with Gasteiger partial charge in [-0.3, -0.25) is 0 Å². The lowest BCUT2D eigenvalue weighted by Crippen LogP contribution is -2.41. The number of rotatable bonds is 1. The van der Waals surface area contributed by atoms with Gasteiger partial charge in [0.1, 0.15) is 0 Å². The summed E-state index contributed by atoms with van der Waals surface area (Å²) >= 11 is 0. The van der Waals surface area contributed by atoms with Gasteiger partial charge in [0.15, 0.2) is 0 Å². The fourth-order valence-corrected chi connectivity index (χ4v) is 2.09. The largest absolute Gasteiger partial charge is 0.389 e. The van der Waals surface area contributed by atoms with Crippen LogP contribution in [0.15, 0.2) is 0 Å². The normalized spacial score (nSPS) is 44.2. The molecule has 1 heterocycles. The summed E-state index contributed by atoms with van der Waals surface area (Å²) in [6, 6.07) is 0.653. The van der Waals surface area contributed by atoms with Gasteiger partial charge in [0, 0.05) is 25.0 Å². The molecule has 64 valence electrons. The van der Waals surface area contributed by atoms with Crippen LogP contribution in [-0.4, -0.2) is 34.7 Å². The lowest BCUT2D eigenvalue weighted by molar-refractivity contribution is 0.0532. The number of hydrogen-bond acceptors (Lipinski definition) is 2. The van der Waals surface area contributed by atoms with Gasteiger partial charge in [0.2, 0.25) is 0 Å². The van der Waals surface area contributed by atoms with Gasteiger partial charge in [-0.1, -0.05) is 0 Å². The van der Waals surface area contributed by atoms with Gasteiger partial charge < -0.3 is 10.0 Å². The van der Waals surface area contributed by atoms with Crippen molar-refractivity contribution >= 4 is 0 Å². The topological polar surface area (TPSA) is 23.5 Å². The minimum atomic E-state index is -0.231. The second-order valence-corrected chi connectivity index (χ2v) is 4.34. The molecule has 2 nitrogen and oxygen atoms in total. The quantitative estimate of drug-likeness (QED) is 0.607. The van der Waals surface area contributed by atoms with Crippen LogP contribution >= 0.6 is 0 Å². The number of fused-ring (bicyclic) bond motifs is 1. The molecule has 2 aliphatic rings. The maximum atomic E-state index is 9.72. The van der Waals surface area contributed by atoms with Gasteiger partial charge in [-0.2, -0.15) is 0 Å². The summed E-state index contributed by atoms with van der Waals surface area (Å²) in [7, 11) is 0. The second kappa shape index (κ2) is 2.20. The molecule has 0 aromatic heterocycles. The molecule has 0 amide bonds. The van der Waals surface area contributed by atoms with E-state index in [4.69, 9.17) is 0 Å². The minimum absolute atomic E-state index is 0.231. The zero-order chi connectivity index (χ0) is 8.06. The molecule has 2 atom stereocenters. The number of hydrogen-bond donors (Lipinski definition) is 1. The van der Waals surface area contributed by atoms with Crippen molar-refractivity contribution in [3.8, 4) is 0 Å². The summed E-state index contributed by atoms with van der Waals surface area (Å²) in [6.45, 7) is 6.67. The van der Waals surface area contributed by atoms with Crippen LogP contribution in [0.25, 0.3) is 0 Å². The van der Waals surface area contributed by atoms with Crippen LogP contribution < -0.4 is 0 Å². The van der Waals surface area contributed by atoms with Crippen molar-refractivity contribution in [1.29, 1.82) is 0 Å². The van der Waals surface area contributed by atoms with Crippen LogP contribution in [0, 0.1) is 5.92 Å². The van der Waals surface area contributed by atoms with E-state index in [-0.39, 0.29) is 5.60 Å². The third-order valence-corrected chi connectivity index (χ3v) is 3.22. The highest BCUT2D eigenvalue weighted by Gasteiger charge is 2.55. The van der Waals surface area contributed by atoms with Gasteiger partial charge >= 0.3 is 0 Å². The van der Waals surface area contributed by atoms with E-state index in [1.54, 1.807) is 0 Å². The molecule has 1 aliphatic carbocycles. The molecule has 2 rings (SSSR count). The molecule has 2 fully saturated rings. The van der Waals surface area contributed by atoms with E-state index >= 15 is 0 Å². The van der Waals surface area contributed by atoms with E-state index in [0.29, 0.717) is 12.0 Å². The van der Waals surface area contributed by atoms with Crippen molar-refractivity contribution in [3.63, 3.8) is 0 Å². The van der Waals surface area contributed by atoms with E-state index in [2.05, 4.69) is 18.7 Å². The van der Waals surface area contributed by atoms with E-state index in [9.17, 15) is 5.11 Å². The Balaban J connectivity index is 1.93. The van der Waals surface area contributed by atoms with Crippen molar-refractivity contribution in [2.75, 3.05) is 13.1 Å². The number of piperidine rings is 1. The molecular formula is C9H17NO. The fourth-order valence-electron chi connectivity index (χ4n) is 2.09. The second-order valence-electron chi connectivity index (χ2n) is 4.34. The van der Waals surface area contributed by atoms with E-state index in [1.807, 2.05) is 0 Å². The molecule has 1 saturated heterocycles. The first-order valence-electron chi connectivity index (χ1n) is 4.58. The molecule has 0 aromatic rings. The number of aliphatic hydroxyl groups is 1. The maximum Gasteiger partial charge on any atom is 0.0705 e. The monoisotopic (exact) mass is 155 g/mol. The van der Waals surface area contributed by atoms with E-state index < -0.39 is 0 Å². The summed E-state index contributed by atoms with van der Waals surface area (Å²) in [5.41, 5.74) is -0.231. The molecule has 0 spiro atoms. The van der Waals surface area contributed by atoms with Crippen LogP contribution in [0.5, 0.6) is 0 Å². The average Bonchev–Trinajstić information content (AvgIpc) is 2.58. The smallest absolute Gasteiger partial charge is 0.0705 e. The van der Waals surface area contributed by atoms with Gasteiger partial charge in [-0.05, 0) is 26.7 Å². The molecule has 11 heavy (non-hydrogen) atoms. The first-order valence-corrected chi connectivity index (χ1v) is 4.58. The lowest BCUT2D eigenvalue weighted by Gasteiger charge is -2.32. The Morgan fingerprint density at radius 2 is 2.27 bits per heavy atom. The van der Waals surface area contributed by atoms with Crippen molar-refractivity contribution in [1.82, 2.24) is 4.90 Å². The molecule has 1 saturated carbocycles. The zero-order valence-corrected chi connectivity index (χ0v) is 7.38. The predicted octanol–water partition coefficient (Wildman–Crippen LogP) is 0.851. The lowest BCUT2D eigenvalue weighted by atomic mass is 10.1. The third kappa shape index (κ3) is 1.18. The van der Waals surface area contributed by atoms with Crippen LogP contribution in [0.4, 0.5) is 0 Å². The maximum absolute atomic E-state index is 9.72. The summed E-state index contributed by atoms with van der Waals surface area (Å²) in [6.07, 6.45) is 2.05. The fraction of sp³-hybridized carbons (Fsp3) is 1.00. The highest BCUT2D eigenvalue weighted by molar-refractivity contribution is 5.07. The Morgan fingerprint density at radius 3 is 2.82 bits per heavy atom. The van der Waals surface area contributed by atoms with Crippen LogP contribution in [0.1, 0.15) is 26.7 Å². The van der Waals surface area contributed by atoms with Crippen LogP contribution in [-0.2, 0) is 0 Å². The molecule has 2 heteroatoms. The average molecular weight is 155 g/mol. The Morgan fingerprint density at radius 1 is 1.55 bits per heavy atom. The Hall–Kier alpha value is -0.0800. The predicted molar refractivity (Wildman–Crippen MR) is 44.4 cm³/mol. The third-order valence-electron chi connectivity index (χ3n) is 3.22. The summed E-state index contributed by atoms with van der Waals surface area (Å²) < 4.78 is 0. The highest BCUT2D eigenvalue weighted by atomic mass is 16.3. The van der Waals surface area contributed by atoms with Crippen molar-refractivity contribution in [2.45, 2.75) is 38.3 Å². The van der Waals surface area contributed by atoms with Crippen molar-refractivity contribution < 1.29 is 5.11 Å². The Labute approximate surface area is 68.2 Å². The van der Waals surface area contributed by atoms with Crippen LogP contribution in [0.2, 0.25) is 0 Å². The van der Waals surface area contributed by atoms with E-state index in [1.165, 1.54) is 0 Å². The van der Waals surface area contributed by atoms with Crippen molar-refractivity contribution in [3.05, 3.63) is 0 Å². The molecule has 0 aromatic carbocycles. The Bertz CT molecular complexity index is 169. The van der Waals surface area contributed by atoms with Gasteiger partial charge in [-0.25, -0.2) is 0 Å². The Kier molecular flexibility index (Phi) is 1.52. The van der Waals surface area contributed by atoms with Gasteiger partial charge in [0.05, 0.1) is 5.60 Å².